The van der Waals surface area contributed by atoms with Gasteiger partial charge < -0.3 is 14.8 Å². The minimum atomic E-state index is 0.280. The molecule has 0 aliphatic carbocycles. The Balaban J connectivity index is 1.77. The van der Waals surface area contributed by atoms with Gasteiger partial charge in [0.1, 0.15) is 6.07 Å². The van der Waals surface area contributed by atoms with Crippen molar-refractivity contribution < 1.29 is 9.47 Å². The van der Waals surface area contributed by atoms with Gasteiger partial charge in [-0.25, -0.2) is 0 Å². The Labute approximate surface area is 117 Å². The summed E-state index contributed by atoms with van der Waals surface area (Å²) < 4.78 is 10.6. The van der Waals surface area contributed by atoms with Crippen LogP contribution in [0.15, 0.2) is 36.4 Å². The van der Waals surface area contributed by atoms with E-state index in [1.807, 2.05) is 43.3 Å². The predicted octanol–water partition coefficient (Wildman–Crippen LogP) is 3.21. The van der Waals surface area contributed by atoms with Gasteiger partial charge in [-0.2, -0.15) is 5.26 Å². The van der Waals surface area contributed by atoms with Gasteiger partial charge in [0.05, 0.1) is 11.3 Å². The summed E-state index contributed by atoms with van der Waals surface area (Å²) in [6.45, 7) is 2.85. The molecule has 0 amide bonds. The molecule has 1 heterocycles. The number of nitriles is 1. The number of benzene rings is 2. The van der Waals surface area contributed by atoms with Gasteiger partial charge >= 0.3 is 0 Å². The van der Waals surface area contributed by atoms with Crippen LogP contribution in [-0.2, 0) is 6.54 Å². The first-order valence-corrected chi connectivity index (χ1v) is 6.40. The molecule has 1 aliphatic heterocycles. The van der Waals surface area contributed by atoms with Crippen molar-refractivity contribution in [1.29, 1.82) is 5.26 Å². The van der Waals surface area contributed by atoms with E-state index in [-0.39, 0.29) is 6.79 Å². The highest BCUT2D eigenvalue weighted by molar-refractivity contribution is 5.61. The van der Waals surface area contributed by atoms with Crippen molar-refractivity contribution in [3.8, 4) is 17.6 Å². The summed E-state index contributed by atoms with van der Waals surface area (Å²) in [4.78, 5) is 0. The quantitative estimate of drug-likeness (QED) is 0.926. The molecule has 0 radical (unpaired) electrons. The maximum Gasteiger partial charge on any atom is 0.231 e. The number of nitrogens with one attached hydrogen (secondary N) is 1. The second-order valence-electron chi connectivity index (χ2n) is 4.65. The van der Waals surface area contributed by atoms with E-state index in [9.17, 15) is 5.26 Å². The van der Waals surface area contributed by atoms with Crippen LogP contribution in [-0.4, -0.2) is 6.79 Å². The molecule has 100 valence electrons. The molecule has 2 aromatic rings. The molecule has 2 aromatic carbocycles. The minimum absolute atomic E-state index is 0.280. The van der Waals surface area contributed by atoms with E-state index in [4.69, 9.17) is 9.47 Å². The van der Waals surface area contributed by atoms with E-state index < -0.39 is 0 Å². The average Bonchev–Trinajstić information content (AvgIpc) is 2.92. The van der Waals surface area contributed by atoms with Gasteiger partial charge in [-0.15, -0.1) is 0 Å². The van der Waals surface area contributed by atoms with Crippen molar-refractivity contribution in [1.82, 2.24) is 0 Å². The smallest absolute Gasteiger partial charge is 0.231 e. The minimum Gasteiger partial charge on any atom is -0.454 e. The molecule has 0 atom stereocenters. The third-order valence-corrected chi connectivity index (χ3v) is 3.30. The predicted molar refractivity (Wildman–Crippen MR) is 75.8 cm³/mol. The van der Waals surface area contributed by atoms with Crippen LogP contribution >= 0.6 is 0 Å². The molecular formula is C16H14N2O2. The Morgan fingerprint density at radius 3 is 2.90 bits per heavy atom. The maximum absolute atomic E-state index is 9.20. The summed E-state index contributed by atoms with van der Waals surface area (Å²) in [7, 11) is 0. The topological polar surface area (TPSA) is 54.3 Å². The van der Waals surface area contributed by atoms with Crippen molar-refractivity contribution in [3.05, 3.63) is 53.1 Å². The standard InChI is InChI=1S/C16H14N2O2/c1-11-3-2-4-14(13(11)8-17)18-9-12-5-6-15-16(7-12)20-10-19-15/h2-7,18H,9-10H2,1H3. The van der Waals surface area contributed by atoms with Crippen molar-refractivity contribution in [3.63, 3.8) is 0 Å². The van der Waals surface area contributed by atoms with E-state index >= 15 is 0 Å². The molecule has 0 bridgehead atoms. The Hall–Kier alpha value is -2.67. The fraction of sp³-hybridized carbons (Fsp3) is 0.188. The monoisotopic (exact) mass is 266 g/mol. The Bertz CT molecular complexity index is 689. The lowest BCUT2D eigenvalue weighted by atomic mass is 10.1. The normalized spacial score (nSPS) is 12.0. The van der Waals surface area contributed by atoms with Crippen LogP contribution in [0.2, 0.25) is 0 Å². The maximum atomic E-state index is 9.20. The number of hydrogen-bond donors (Lipinski definition) is 1. The summed E-state index contributed by atoms with van der Waals surface area (Å²) >= 11 is 0. The lowest BCUT2D eigenvalue weighted by Gasteiger charge is -2.10. The molecule has 4 nitrogen and oxygen atoms in total. The summed E-state index contributed by atoms with van der Waals surface area (Å²) in [6.07, 6.45) is 0. The molecular weight excluding hydrogens is 252 g/mol. The van der Waals surface area contributed by atoms with E-state index in [1.54, 1.807) is 0 Å². The third-order valence-electron chi connectivity index (χ3n) is 3.30. The van der Waals surface area contributed by atoms with Crippen molar-refractivity contribution >= 4 is 5.69 Å². The molecule has 0 unspecified atom stereocenters. The summed E-state index contributed by atoms with van der Waals surface area (Å²) in [5.41, 5.74) is 3.60. The zero-order valence-corrected chi connectivity index (χ0v) is 11.1. The van der Waals surface area contributed by atoms with Gasteiger partial charge in [-0.1, -0.05) is 18.2 Å². The molecule has 3 rings (SSSR count). The summed E-state index contributed by atoms with van der Waals surface area (Å²) in [6, 6.07) is 13.9. The van der Waals surface area contributed by atoms with Gasteiger partial charge in [0.25, 0.3) is 0 Å². The summed E-state index contributed by atoms with van der Waals surface area (Å²) in [5.74, 6) is 1.55. The van der Waals surface area contributed by atoms with Gasteiger partial charge in [0, 0.05) is 6.54 Å². The number of nitrogens with zero attached hydrogens (tertiary/aromatic N) is 1. The highest BCUT2D eigenvalue weighted by Crippen LogP contribution is 2.32. The molecule has 1 N–H and O–H groups in total. The van der Waals surface area contributed by atoms with Crippen LogP contribution in [0.3, 0.4) is 0 Å². The highest BCUT2D eigenvalue weighted by atomic mass is 16.7. The van der Waals surface area contributed by atoms with Gasteiger partial charge in [0.2, 0.25) is 6.79 Å². The first-order valence-electron chi connectivity index (χ1n) is 6.40. The number of fused-ring (bicyclic) bond motifs is 1. The van der Waals surface area contributed by atoms with Gasteiger partial charge in [-0.3, -0.25) is 0 Å². The van der Waals surface area contributed by atoms with E-state index in [0.29, 0.717) is 12.1 Å². The van der Waals surface area contributed by atoms with Crippen LogP contribution in [0.1, 0.15) is 16.7 Å². The van der Waals surface area contributed by atoms with E-state index in [2.05, 4.69) is 11.4 Å². The highest BCUT2D eigenvalue weighted by Gasteiger charge is 2.13. The Kier molecular flexibility index (Phi) is 3.18. The van der Waals surface area contributed by atoms with Gasteiger partial charge in [-0.05, 0) is 36.2 Å². The number of rotatable bonds is 3. The number of aryl methyl sites for hydroxylation is 1. The molecule has 0 saturated heterocycles. The second-order valence-corrected chi connectivity index (χ2v) is 4.65. The van der Waals surface area contributed by atoms with E-state index in [1.165, 1.54) is 0 Å². The molecule has 0 fully saturated rings. The van der Waals surface area contributed by atoms with Crippen LogP contribution in [0.4, 0.5) is 5.69 Å². The zero-order chi connectivity index (χ0) is 13.9. The van der Waals surface area contributed by atoms with Crippen LogP contribution < -0.4 is 14.8 Å². The lowest BCUT2D eigenvalue weighted by Crippen LogP contribution is -2.02. The molecule has 1 aliphatic rings. The Morgan fingerprint density at radius 2 is 2.05 bits per heavy atom. The van der Waals surface area contributed by atoms with Gasteiger partial charge in [0.15, 0.2) is 11.5 Å². The van der Waals surface area contributed by atoms with Crippen LogP contribution in [0.5, 0.6) is 11.5 Å². The SMILES string of the molecule is Cc1cccc(NCc2ccc3c(c2)OCO3)c1C#N. The first kappa shape index (κ1) is 12.4. The molecule has 0 spiro atoms. The number of ether oxygens (including phenoxy) is 2. The number of hydrogen-bond acceptors (Lipinski definition) is 4. The Morgan fingerprint density at radius 1 is 1.20 bits per heavy atom. The first-order chi connectivity index (χ1) is 9.78. The lowest BCUT2D eigenvalue weighted by molar-refractivity contribution is 0.174. The fourth-order valence-corrected chi connectivity index (χ4v) is 2.21. The molecule has 4 heteroatoms. The average molecular weight is 266 g/mol. The number of anilines is 1. The fourth-order valence-electron chi connectivity index (χ4n) is 2.21. The van der Waals surface area contributed by atoms with Crippen molar-refractivity contribution in [2.24, 2.45) is 0 Å². The largest absolute Gasteiger partial charge is 0.454 e. The third kappa shape index (κ3) is 2.26. The molecule has 20 heavy (non-hydrogen) atoms. The summed E-state index contributed by atoms with van der Waals surface area (Å²) in [5, 5.41) is 12.5. The zero-order valence-electron chi connectivity index (χ0n) is 11.1. The van der Waals surface area contributed by atoms with E-state index in [0.717, 1.165) is 28.3 Å². The molecule has 0 saturated carbocycles. The van der Waals surface area contributed by atoms with Crippen molar-refractivity contribution in [2.75, 3.05) is 12.1 Å². The van der Waals surface area contributed by atoms with Crippen LogP contribution in [0, 0.1) is 18.3 Å². The second kappa shape index (κ2) is 5.14. The van der Waals surface area contributed by atoms with Crippen LogP contribution in [0.25, 0.3) is 0 Å². The van der Waals surface area contributed by atoms with Crippen molar-refractivity contribution in [2.45, 2.75) is 13.5 Å². The molecule has 0 aromatic heterocycles.